The van der Waals surface area contributed by atoms with Crippen molar-refractivity contribution >= 4 is 11.6 Å². The largest absolute Gasteiger partial charge is 0.329 e. The molecule has 0 fully saturated rings. The minimum absolute atomic E-state index is 0.0409. The molecule has 6 nitrogen and oxygen atoms in total. The number of aromatic nitrogens is 4. The Morgan fingerprint density at radius 1 is 1.47 bits per heavy atom. The summed E-state index contributed by atoms with van der Waals surface area (Å²) < 4.78 is 2.72. The molecule has 2 aromatic rings. The Bertz CT molecular complexity index is 636. The summed E-state index contributed by atoms with van der Waals surface area (Å²) in [4.78, 5) is 25.6. The number of nitrogens with one attached hydrogen (secondary N) is 1. The van der Waals surface area contributed by atoms with Crippen LogP contribution in [0.3, 0.4) is 0 Å². The van der Waals surface area contributed by atoms with Crippen LogP contribution in [-0.4, -0.2) is 19.3 Å². The van der Waals surface area contributed by atoms with Crippen LogP contribution < -0.4 is 11.2 Å². The Morgan fingerprint density at radius 2 is 2.18 bits per heavy atom. The van der Waals surface area contributed by atoms with Crippen LogP contribution in [0.4, 0.5) is 0 Å². The maximum atomic E-state index is 11.6. The first-order valence-corrected chi connectivity index (χ1v) is 5.34. The zero-order valence-electron chi connectivity index (χ0n) is 9.40. The smallest absolute Gasteiger partial charge is 0.298 e. The van der Waals surface area contributed by atoms with Crippen LogP contribution in [0.25, 0.3) is 0 Å². The molecule has 90 valence electrons. The molecular weight excluding hydrogens is 244 g/mol. The van der Waals surface area contributed by atoms with Crippen molar-refractivity contribution in [1.29, 1.82) is 0 Å². The molecule has 0 saturated heterocycles. The summed E-state index contributed by atoms with van der Waals surface area (Å²) in [6, 6.07) is 1.18. The van der Waals surface area contributed by atoms with Gasteiger partial charge in [-0.05, 0) is 6.92 Å². The van der Waals surface area contributed by atoms with E-state index in [1.165, 1.54) is 6.07 Å². The molecule has 2 aromatic heterocycles. The number of aromatic amines is 1. The Balaban J connectivity index is 2.47. The Hall–Kier alpha value is -1.82. The van der Waals surface area contributed by atoms with Gasteiger partial charge in [0.1, 0.15) is 5.15 Å². The maximum Gasteiger partial charge on any atom is 0.329 e. The van der Waals surface area contributed by atoms with Crippen LogP contribution in [0.15, 0.2) is 21.9 Å². The summed E-state index contributed by atoms with van der Waals surface area (Å²) in [6.07, 6.45) is 1.77. The summed E-state index contributed by atoms with van der Waals surface area (Å²) in [5.41, 5.74) is 0.656. The van der Waals surface area contributed by atoms with Crippen LogP contribution in [0.2, 0.25) is 5.15 Å². The minimum Gasteiger partial charge on any atom is -0.298 e. The molecule has 0 aromatic carbocycles. The SMILES string of the molecule is Cc1nn(C)cc1Cn1c(=O)cc(Cl)[nH]c1=O. The van der Waals surface area contributed by atoms with Crippen molar-refractivity contribution in [2.24, 2.45) is 7.05 Å². The molecule has 0 saturated carbocycles. The minimum atomic E-state index is -0.522. The molecule has 0 unspecified atom stereocenters. The zero-order valence-corrected chi connectivity index (χ0v) is 10.2. The number of halogens is 1. The van der Waals surface area contributed by atoms with Crippen molar-refractivity contribution < 1.29 is 0 Å². The summed E-state index contributed by atoms with van der Waals surface area (Å²) in [6.45, 7) is 2.01. The molecule has 17 heavy (non-hydrogen) atoms. The fourth-order valence-corrected chi connectivity index (χ4v) is 1.79. The van der Waals surface area contributed by atoms with Gasteiger partial charge in [0, 0.05) is 24.9 Å². The Morgan fingerprint density at radius 3 is 2.71 bits per heavy atom. The lowest BCUT2D eigenvalue weighted by Crippen LogP contribution is -2.34. The average Bonchev–Trinajstić information content (AvgIpc) is 2.51. The predicted molar refractivity (Wildman–Crippen MR) is 63.4 cm³/mol. The van der Waals surface area contributed by atoms with Crippen molar-refractivity contribution in [1.82, 2.24) is 19.3 Å². The fourth-order valence-electron chi connectivity index (χ4n) is 1.62. The number of nitrogens with zero attached hydrogens (tertiary/aromatic N) is 3. The molecule has 0 amide bonds. The normalized spacial score (nSPS) is 10.8. The van der Waals surface area contributed by atoms with E-state index in [1.807, 2.05) is 6.92 Å². The highest BCUT2D eigenvalue weighted by molar-refractivity contribution is 6.29. The number of rotatable bonds is 2. The number of hydrogen-bond acceptors (Lipinski definition) is 3. The van der Waals surface area contributed by atoms with Crippen LogP contribution >= 0.6 is 11.6 Å². The first-order valence-electron chi connectivity index (χ1n) is 4.96. The van der Waals surface area contributed by atoms with Gasteiger partial charge >= 0.3 is 5.69 Å². The monoisotopic (exact) mass is 254 g/mol. The third kappa shape index (κ3) is 2.31. The molecule has 7 heteroatoms. The van der Waals surface area contributed by atoms with E-state index in [1.54, 1.807) is 17.9 Å². The lowest BCUT2D eigenvalue weighted by molar-refractivity contribution is 0.695. The summed E-state index contributed by atoms with van der Waals surface area (Å²) in [5.74, 6) is 0. The zero-order chi connectivity index (χ0) is 12.6. The summed E-state index contributed by atoms with van der Waals surface area (Å²) in [7, 11) is 1.78. The third-order valence-corrected chi connectivity index (χ3v) is 2.63. The molecule has 2 rings (SSSR count). The molecule has 1 N–H and O–H groups in total. The fraction of sp³-hybridized carbons (Fsp3) is 0.300. The molecule has 0 aliphatic rings. The number of H-pyrrole nitrogens is 1. The van der Waals surface area contributed by atoms with E-state index >= 15 is 0 Å². The van der Waals surface area contributed by atoms with Crippen molar-refractivity contribution in [2.75, 3.05) is 0 Å². The summed E-state index contributed by atoms with van der Waals surface area (Å²) >= 11 is 5.58. The van der Waals surface area contributed by atoms with Crippen LogP contribution in [0, 0.1) is 6.92 Å². The molecule has 0 radical (unpaired) electrons. The van der Waals surface area contributed by atoms with E-state index in [0.717, 1.165) is 15.8 Å². The van der Waals surface area contributed by atoms with Gasteiger partial charge in [0.15, 0.2) is 0 Å². The molecule has 0 atom stereocenters. The van der Waals surface area contributed by atoms with Gasteiger partial charge in [0.05, 0.1) is 12.2 Å². The van der Waals surface area contributed by atoms with Gasteiger partial charge in [0.2, 0.25) is 0 Å². The van der Waals surface area contributed by atoms with Gasteiger partial charge in [-0.25, -0.2) is 4.79 Å². The van der Waals surface area contributed by atoms with Gasteiger partial charge < -0.3 is 0 Å². The topological polar surface area (TPSA) is 72.7 Å². The standard InChI is InChI=1S/C10H11ClN4O2/c1-6-7(4-14(2)13-6)5-15-9(16)3-8(11)12-10(15)17/h3-4H,5H2,1-2H3,(H,12,17). The average molecular weight is 255 g/mol. The highest BCUT2D eigenvalue weighted by Gasteiger charge is 2.08. The molecule has 0 bridgehead atoms. The van der Waals surface area contributed by atoms with Crippen molar-refractivity contribution in [3.8, 4) is 0 Å². The molecule has 0 aliphatic carbocycles. The molecule has 0 aliphatic heterocycles. The highest BCUT2D eigenvalue weighted by atomic mass is 35.5. The van der Waals surface area contributed by atoms with Gasteiger partial charge in [-0.15, -0.1) is 0 Å². The van der Waals surface area contributed by atoms with E-state index in [-0.39, 0.29) is 11.7 Å². The number of hydrogen-bond donors (Lipinski definition) is 1. The van der Waals surface area contributed by atoms with Crippen molar-refractivity contribution in [2.45, 2.75) is 13.5 Å². The summed E-state index contributed by atoms with van der Waals surface area (Å²) in [5, 5.41) is 4.19. The maximum absolute atomic E-state index is 11.6. The van der Waals surface area contributed by atoms with E-state index in [2.05, 4.69) is 10.1 Å². The van der Waals surface area contributed by atoms with E-state index in [9.17, 15) is 9.59 Å². The molecule has 0 spiro atoms. The Kier molecular flexibility index (Phi) is 2.89. The lowest BCUT2D eigenvalue weighted by Gasteiger charge is -2.02. The molecule has 2 heterocycles. The second kappa shape index (κ2) is 4.21. The van der Waals surface area contributed by atoms with Gasteiger partial charge in [-0.3, -0.25) is 19.0 Å². The first kappa shape index (κ1) is 11.7. The lowest BCUT2D eigenvalue weighted by atomic mass is 10.2. The van der Waals surface area contributed by atoms with E-state index in [0.29, 0.717) is 0 Å². The van der Waals surface area contributed by atoms with Crippen LogP contribution in [0.1, 0.15) is 11.3 Å². The van der Waals surface area contributed by atoms with Crippen molar-refractivity contribution in [3.63, 3.8) is 0 Å². The van der Waals surface area contributed by atoms with Gasteiger partial charge in [0.25, 0.3) is 5.56 Å². The van der Waals surface area contributed by atoms with Crippen LogP contribution in [-0.2, 0) is 13.6 Å². The molecular formula is C10H11ClN4O2. The van der Waals surface area contributed by atoms with Crippen LogP contribution in [0.5, 0.6) is 0 Å². The quantitative estimate of drug-likeness (QED) is 0.783. The van der Waals surface area contributed by atoms with E-state index < -0.39 is 11.2 Å². The van der Waals surface area contributed by atoms with Gasteiger partial charge in [-0.1, -0.05) is 11.6 Å². The first-order chi connectivity index (χ1) is 7.97. The Labute approximate surface area is 101 Å². The second-order valence-electron chi connectivity index (χ2n) is 3.76. The number of aryl methyl sites for hydroxylation is 2. The van der Waals surface area contributed by atoms with Crippen molar-refractivity contribution in [3.05, 3.63) is 49.5 Å². The third-order valence-electron chi connectivity index (χ3n) is 2.43. The van der Waals surface area contributed by atoms with Gasteiger partial charge in [-0.2, -0.15) is 5.10 Å². The predicted octanol–water partition coefficient (Wildman–Crippen LogP) is 0.280. The second-order valence-corrected chi connectivity index (χ2v) is 4.17. The van der Waals surface area contributed by atoms with E-state index in [4.69, 9.17) is 11.6 Å². The highest BCUT2D eigenvalue weighted by Crippen LogP contribution is 2.05.